The third-order valence-electron chi connectivity index (χ3n) is 3.45. The molecule has 0 bridgehead atoms. The first-order valence-corrected chi connectivity index (χ1v) is 6.96. The maximum absolute atomic E-state index is 11.9. The van der Waals surface area contributed by atoms with Crippen LogP contribution in [0.5, 0.6) is 0 Å². The van der Waals surface area contributed by atoms with E-state index in [-0.39, 0.29) is 23.9 Å². The molecule has 0 saturated heterocycles. The first-order valence-electron chi connectivity index (χ1n) is 6.96. The molecule has 1 aliphatic rings. The molecule has 22 heavy (non-hydrogen) atoms. The zero-order valence-electron chi connectivity index (χ0n) is 11.7. The lowest BCUT2D eigenvalue weighted by Gasteiger charge is -2.11. The summed E-state index contributed by atoms with van der Waals surface area (Å²) < 4.78 is 0. The number of hydrazone groups is 1. The average Bonchev–Trinajstić information content (AvgIpc) is 2.87. The smallest absolute Gasteiger partial charge is 0.323 e. The van der Waals surface area contributed by atoms with Crippen LogP contribution in [-0.4, -0.2) is 34.0 Å². The summed E-state index contributed by atoms with van der Waals surface area (Å²) >= 11 is 0. The van der Waals surface area contributed by atoms with E-state index in [0.717, 1.165) is 16.6 Å². The molecule has 0 atom stereocenters. The van der Waals surface area contributed by atoms with E-state index in [1.54, 1.807) is 0 Å². The van der Waals surface area contributed by atoms with E-state index in [2.05, 4.69) is 25.8 Å². The third kappa shape index (κ3) is 3.05. The summed E-state index contributed by atoms with van der Waals surface area (Å²) in [6.45, 7) is 0.450. The maximum atomic E-state index is 11.9. The van der Waals surface area contributed by atoms with Gasteiger partial charge in [-0.15, -0.1) is 0 Å². The number of aromatic amines is 2. The molecule has 1 aliphatic heterocycles. The van der Waals surface area contributed by atoms with Crippen LogP contribution in [0.2, 0.25) is 0 Å². The summed E-state index contributed by atoms with van der Waals surface area (Å²) in [5, 5.41) is 6.51. The van der Waals surface area contributed by atoms with Crippen molar-refractivity contribution < 1.29 is 9.59 Å². The number of H-pyrrole nitrogens is 2. The molecule has 114 valence electrons. The van der Waals surface area contributed by atoms with Gasteiger partial charge in [-0.1, -0.05) is 6.07 Å². The van der Waals surface area contributed by atoms with Gasteiger partial charge in [-0.3, -0.25) is 9.59 Å². The summed E-state index contributed by atoms with van der Waals surface area (Å²) in [7, 11) is 0. The Morgan fingerprint density at radius 2 is 2.00 bits per heavy atom. The van der Waals surface area contributed by atoms with Gasteiger partial charge in [0.2, 0.25) is 5.91 Å². The predicted octanol–water partition coefficient (Wildman–Crippen LogP) is -0.219. The Balaban J connectivity index is 1.56. The van der Waals surface area contributed by atoms with Crippen molar-refractivity contribution in [2.45, 2.75) is 19.3 Å². The molecule has 8 heteroatoms. The van der Waals surface area contributed by atoms with Gasteiger partial charge in [0, 0.05) is 19.4 Å². The van der Waals surface area contributed by atoms with Crippen LogP contribution in [0.25, 0.3) is 11.0 Å². The van der Waals surface area contributed by atoms with Crippen molar-refractivity contribution in [3.05, 3.63) is 34.2 Å². The molecule has 0 radical (unpaired) electrons. The fraction of sp³-hybridized carbons (Fsp3) is 0.286. The topological polar surface area (TPSA) is 119 Å². The normalized spacial score (nSPS) is 14.5. The number of carbonyl (C=O) groups is 2. The van der Waals surface area contributed by atoms with E-state index in [0.29, 0.717) is 25.1 Å². The monoisotopic (exact) mass is 301 g/mol. The molecule has 2 aromatic rings. The number of nitrogens with one attached hydrogen (secondary N) is 4. The van der Waals surface area contributed by atoms with Gasteiger partial charge < -0.3 is 15.3 Å². The highest BCUT2D eigenvalue weighted by Crippen LogP contribution is 2.10. The minimum Gasteiger partial charge on any atom is -0.351 e. The number of hydrogen-bond acceptors (Lipinski definition) is 4. The number of rotatable bonds is 4. The van der Waals surface area contributed by atoms with Crippen LogP contribution in [0.15, 0.2) is 28.1 Å². The quantitative estimate of drug-likeness (QED) is 0.625. The summed E-state index contributed by atoms with van der Waals surface area (Å²) in [5.74, 6) is -0.443. The van der Waals surface area contributed by atoms with Gasteiger partial charge in [0.1, 0.15) is 5.71 Å². The van der Waals surface area contributed by atoms with Gasteiger partial charge in [0.05, 0.1) is 11.0 Å². The lowest BCUT2D eigenvalue weighted by atomic mass is 10.1. The maximum Gasteiger partial charge on any atom is 0.323 e. The van der Waals surface area contributed by atoms with Crippen molar-refractivity contribution in [1.29, 1.82) is 0 Å². The first-order chi connectivity index (χ1) is 10.6. The van der Waals surface area contributed by atoms with Gasteiger partial charge in [-0.25, -0.2) is 10.2 Å². The molecule has 1 aromatic heterocycles. The molecule has 0 saturated carbocycles. The number of imidazole rings is 1. The second-order valence-corrected chi connectivity index (χ2v) is 5.06. The lowest BCUT2D eigenvalue weighted by molar-refractivity contribution is -0.121. The molecule has 2 amide bonds. The Morgan fingerprint density at radius 3 is 2.77 bits per heavy atom. The van der Waals surface area contributed by atoms with Crippen molar-refractivity contribution in [2.75, 3.05) is 6.54 Å². The van der Waals surface area contributed by atoms with E-state index >= 15 is 0 Å². The molecule has 0 fully saturated rings. The molecule has 0 aliphatic carbocycles. The molecule has 3 rings (SSSR count). The zero-order chi connectivity index (χ0) is 15.5. The molecule has 1 aromatic carbocycles. The van der Waals surface area contributed by atoms with Gasteiger partial charge in [-0.05, 0) is 24.1 Å². The van der Waals surface area contributed by atoms with E-state index in [4.69, 9.17) is 0 Å². The minimum atomic E-state index is -0.267. The lowest BCUT2D eigenvalue weighted by Crippen LogP contribution is -2.37. The van der Waals surface area contributed by atoms with Gasteiger partial charge in [0.15, 0.2) is 0 Å². The third-order valence-corrected chi connectivity index (χ3v) is 3.45. The molecule has 2 heterocycles. The predicted molar refractivity (Wildman–Crippen MR) is 80.4 cm³/mol. The van der Waals surface area contributed by atoms with Crippen LogP contribution < -0.4 is 16.4 Å². The molecule has 0 unspecified atom stereocenters. The zero-order valence-corrected chi connectivity index (χ0v) is 11.7. The molecular weight excluding hydrogens is 286 g/mol. The van der Waals surface area contributed by atoms with Gasteiger partial charge in [-0.2, -0.15) is 5.10 Å². The first kappa shape index (κ1) is 14.1. The molecule has 8 nitrogen and oxygen atoms in total. The Kier molecular flexibility index (Phi) is 3.73. The van der Waals surface area contributed by atoms with Crippen LogP contribution in [-0.2, 0) is 16.0 Å². The van der Waals surface area contributed by atoms with Gasteiger partial charge >= 0.3 is 5.69 Å². The van der Waals surface area contributed by atoms with E-state index < -0.39 is 0 Å². The number of fused-ring (bicyclic) bond motifs is 1. The summed E-state index contributed by atoms with van der Waals surface area (Å²) in [4.78, 5) is 39.4. The Labute approximate surface area is 125 Å². The van der Waals surface area contributed by atoms with Crippen molar-refractivity contribution >= 4 is 28.6 Å². The fourth-order valence-electron chi connectivity index (χ4n) is 2.30. The van der Waals surface area contributed by atoms with Gasteiger partial charge in [0.25, 0.3) is 5.91 Å². The largest absolute Gasteiger partial charge is 0.351 e. The molecule has 4 N–H and O–H groups in total. The average molecular weight is 301 g/mol. The van der Waals surface area contributed by atoms with Crippen LogP contribution in [0, 0.1) is 0 Å². The highest BCUT2D eigenvalue weighted by Gasteiger charge is 2.17. The van der Waals surface area contributed by atoms with E-state index in [9.17, 15) is 14.4 Å². The SMILES string of the molecule is O=C1CCC(C(=O)NCCc2ccc3[nH]c(=O)[nH]c3c2)=NN1. The van der Waals surface area contributed by atoms with E-state index in [1.807, 2.05) is 18.2 Å². The van der Waals surface area contributed by atoms with Crippen molar-refractivity contribution in [3.63, 3.8) is 0 Å². The Hall–Kier alpha value is -2.90. The van der Waals surface area contributed by atoms with E-state index in [1.165, 1.54) is 0 Å². The van der Waals surface area contributed by atoms with Crippen molar-refractivity contribution in [2.24, 2.45) is 5.10 Å². The number of carbonyl (C=O) groups excluding carboxylic acids is 2. The number of aromatic nitrogens is 2. The highest BCUT2D eigenvalue weighted by molar-refractivity contribution is 6.39. The standard InChI is InChI=1S/C14H15N5O3/c20-12-4-3-10(18-19-12)13(21)15-6-5-8-1-2-9-11(7-8)17-14(22)16-9/h1-2,7H,3-6H2,(H,15,21)(H,19,20)(H2,16,17,22). The Bertz CT molecular complexity index is 817. The second kappa shape index (κ2) is 5.84. The van der Waals surface area contributed by atoms with Crippen LogP contribution in [0.1, 0.15) is 18.4 Å². The summed E-state index contributed by atoms with van der Waals surface area (Å²) in [6.07, 6.45) is 1.27. The minimum absolute atomic E-state index is 0.176. The summed E-state index contributed by atoms with van der Waals surface area (Å²) in [5.41, 5.74) is 4.89. The van der Waals surface area contributed by atoms with Crippen molar-refractivity contribution in [3.8, 4) is 0 Å². The van der Waals surface area contributed by atoms with Crippen molar-refractivity contribution in [1.82, 2.24) is 20.7 Å². The van der Waals surface area contributed by atoms with Crippen LogP contribution in [0.4, 0.5) is 0 Å². The number of nitrogens with zero attached hydrogens (tertiary/aromatic N) is 1. The number of amides is 2. The molecular formula is C14H15N5O3. The highest BCUT2D eigenvalue weighted by atomic mass is 16.2. The fourth-order valence-corrected chi connectivity index (χ4v) is 2.30. The second-order valence-electron chi connectivity index (χ2n) is 5.06. The van der Waals surface area contributed by atoms with Crippen LogP contribution in [0.3, 0.4) is 0 Å². The number of hydrogen-bond donors (Lipinski definition) is 4. The molecule has 0 spiro atoms. The number of benzene rings is 1. The summed E-state index contributed by atoms with van der Waals surface area (Å²) in [6, 6.07) is 5.60. The Morgan fingerprint density at radius 1 is 1.18 bits per heavy atom. The van der Waals surface area contributed by atoms with Crippen LogP contribution >= 0.6 is 0 Å².